The van der Waals surface area contributed by atoms with Crippen molar-refractivity contribution < 1.29 is 13.2 Å². The molecule has 28 heavy (non-hydrogen) atoms. The van der Waals surface area contributed by atoms with Gasteiger partial charge in [-0.1, -0.05) is 24.3 Å². The molecule has 0 saturated carbocycles. The Morgan fingerprint density at radius 3 is 2.54 bits per heavy atom. The van der Waals surface area contributed by atoms with Crippen LogP contribution in [0.4, 0.5) is 0 Å². The molecule has 2 fully saturated rings. The lowest BCUT2D eigenvalue weighted by Gasteiger charge is -2.30. The zero-order chi connectivity index (χ0) is 20.1. The van der Waals surface area contributed by atoms with Gasteiger partial charge in [0.25, 0.3) is 0 Å². The molecule has 0 aromatic heterocycles. The Morgan fingerprint density at radius 1 is 1.14 bits per heavy atom. The lowest BCUT2D eigenvalue weighted by Crippen LogP contribution is -2.46. The summed E-state index contributed by atoms with van der Waals surface area (Å²) in [5.41, 5.74) is 2.69. The van der Waals surface area contributed by atoms with Crippen LogP contribution in [0.25, 0.3) is 0 Å². The van der Waals surface area contributed by atoms with E-state index in [9.17, 15) is 13.2 Å². The van der Waals surface area contributed by atoms with E-state index in [4.69, 9.17) is 0 Å². The second-order valence-electron chi connectivity index (χ2n) is 8.07. The number of benzene rings is 1. The van der Waals surface area contributed by atoms with Crippen molar-refractivity contribution in [3.8, 4) is 0 Å². The van der Waals surface area contributed by atoms with Crippen LogP contribution in [-0.4, -0.2) is 85.8 Å². The largest absolute Gasteiger partial charge is 0.338 e. The van der Waals surface area contributed by atoms with Crippen LogP contribution < -0.4 is 0 Å². The van der Waals surface area contributed by atoms with Crippen LogP contribution in [-0.2, 0) is 21.2 Å². The van der Waals surface area contributed by atoms with Crippen molar-refractivity contribution in [2.45, 2.75) is 39.3 Å². The van der Waals surface area contributed by atoms with Crippen molar-refractivity contribution >= 4 is 15.7 Å². The molecule has 1 atom stereocenters. The predicted molar refractivity (Wildman–Crippen MR) is 112 cm³/mol. The van der Waals surface area contributed by atoms with E-state index in [1.807, 2.05) is 6.92 Å². The number of carbonyl (C=O) groups excluding carboxylic acids is 1. The summed E-state index contributed by atoms with van der Waals surface area (Å²) in [5.74, 6) is 0.396. The fourth-order valence-electron chi connectivity index (χ4n) is 4.31. The Kier molecular flexibility index (Phi) is 7.12. The van der Waals surface area contributed by atoms with Gasteiger partial charge < -0.3 is 4.90 Å². The summed E-state index contributed by atoms with van der Waals surface area (Å²) in [4.78, 5) is 19.3. The molecule has 2 aliphatic heterocycles. The van der Waals surface area contributed by atoms with E-state index in [0.717, 1.165) is 39.1 Å². The molecule has 3 rings (SSSR count). The molecule has 2 saturated heterocycles. The normalized spacial score (nSPS) is 23.4. The molecule has 1 unspecified atom stereocenters. The van der Waals surface area contributed by atoms with E-state index in [1.54, 1.807) is 4.90 Å². The van der Waals surface area contributed by atoms with E-state index in [1.165, 1.54) is 11.1 Å². The molecule has 0 radical (unpaired) electrons. The highest BCUT2D eigenvalue weighted by molar-refractivity contribution is 7.91. The first-order valence-electron chi connectivity index (χ1n) is 10.4. The van der Waals surface area contributed by atoms with Gasteiger partial charge in [0.05, 0.1) is 18.1 Å². The number of nitrogens with zero attached hydrogens (tertiary/aromatic N) is 3. The van der Waals surface area contributed by atoms with Gasteiger partial charge in [-0.2, -0.15) is 0 Å². The van der Waals surface area contributed by atoms with Crippen molar-refractivity contribution in [2.75, 3.05) is 50.8 Å². The fraction of sp³-hybridized carbons (Fsp3) is 0.667. The number of hydrogen-bond acceptors (Lipinski definition) is 5. The van der Waals surface area contributed by atoms with Crippen molar-refractivity contribution in [1.82, 2.24) is 14.7 Å². The van der Waals surface area contributed by atoms with Gasteiger partial charge in [0.2, 0.25) is 5.91 Å². The van der Waals surface area contributed by atoms with E-state index in [-0.39, 0.29) is 23.5 Å². The lowest BCUT2D eigenvalue weighted by atomic mass is 10.1. The molecule has 1 amide bonds. The van der Waals surface area contributed by atoms with Crippen molar-refractivity contribution in [3.63, 3.8) is 0 Å². The third kappa shape index (κ3) is 5.55. The van der Waals surface area contributed by atoms with E-state index in [0.29, 0.717) is 19.5 Å². The zero-order valence-electron chi connectivity index (χ0n) is 17.1. The highest BCUT2D eigenvalue weighted by Crippen LogP contribution is 2.18. The molecule has 0 N–H and O–H groups in total. The van der Waals surface area contributed by atoms with Gasteiger partial charge in [-0.3, -0.25) is 14.6 Å². The molecule has 0 spiro atoms. The topological polar surface area (TPSA) is 60.9 Å². The number of aryl methyl sites for hydroxylation is 1. The minimum absolute atomic E-state index is 0.0666. The molecule has 0 aliphatic carbocycles. The molecule has 7 heteroatoms. The molecule has 1 aromatic rings. The van der Waals surface area contributed by atoms with Crippen molar-refractivity contribution in [1.29, 1.82) is 0 Å². The highest BCUT2D eigenvalue weighted by Gasteiger charge is 2.34. The molecular formula is C21H33N3O3S. The molecule has 0 bridgehead atoms. The van der Waals surface area contributed by atoms with Gasteiger partial charge in [0, 0.05) is 32.2 Å². The first-order valence-corrected chi connectivity index (χ1v) is 12.2. The molecule has 2 aliphatic rings. The summed E-state index contributed by atoms with van der Waals surface area (Å²) in [7, 11) is -2.98. The molecule has 6 nitrogen and oxygen atoms in total. The monoisotopic (exact) mass is 407 g/mol. The highest BCUT2D eigenvalue weighted by atomic mass is 32.2. The van der Waals surface area contributed by atoms with Gasteiger partial charge in [0.1, 0.15) is 0 Å². The summed E-state index contributed by atoms with van der Waals surface area (Å²) in [6.07, 6.45) is 1.62. The Labute approximate surface area is 169 Å². The van der Waals surface area contributed by atoms with Crippen LogP contribution in [0.5, 0.6) is 0 Å². The number of rotatable bonds is 6. The summed E-state index contributed by atoms with van der Waals surface area (Å²) < 4.78 is 23.6. The minimum Gasteiger partial charge on any atom is -0.338 e. The maximum Gasteiger partial charge on any atom is 0.237 e. The second-order valence-corrected chi connectivity index (χ2v) is 10.3. The lowest BCUT2D eigenvalue weighted by molar-refractivity contribution is -0.134. The maximum atomic E-state index is 12.8. The molecule has 2 heterocycles. The smallest absolute Gasteiger partial charge is 0.237 e. The van der Waals surface area contributed by atoms with Crippen molar-refractivity contribution in [2.24, 2.45) is 0 Å². The third-order valence-electron chi connectivity index (χ3n) is 6.01. The first-order chi connectivity index (χ1) is 13.4. The predicted octanol–water partition coefficient (Wildman–Crippen LogP) is 1.54. The van der Waals surface area contributed by atoms with E-state index < -0.39 is 9.84 Å². The van der Waals surface area contributed by atoms with Crippen LogP contribution in [0.2, 0.25) is 0 Å². The molecule has 156 valence electrons. The average molecular weight is 408 g/mol. The molecule has 1 aromatic carbocycles. The first kappa shape index (κ1) is 21.3. The quantitative estimate of drug-likeness (QED) is 0.716. The van der Waals surface area contributed by atoms with Gasteiger partial charge in [-0.15, -0.1) is 0 Å². The standard InChI is InChI=1S/C21H33N3O3S/c1-3-24(20-9-14-28(26,27)17-20)21(25)16-23-11-6-10-22(12-13-23)15-19-8-5-4-7-18(19)2/h4-5,7-8,20H,3,6,9-17H2,1-2H3. The van der Waals surface area contributed by atoms with Gasteiger partial charge >= 0.3 is 0 Å². The zero-order valence-corrected chi connectivity index (χ0v) is 18.0. The number of hydrogen-bond donors (Lipinski definition) is 0. The number of amides is 1. The Bertz CT molecular complexity index is 781. The number of likely N-dealkylation sites (N-methyl/N-ethyl adjacent to an activating group) is 1. The van der Waals surface area contributed by atoms with Crippen LogP contribution in [0.15, 0.2) is 24.3 Å². The minimum atomic E-state index is -2.98. The van der Waals surface area contributed by atoms with Crippen LogP contribution in [0, 0.1) is 6.92 Å². The third-order valence-corrected chi connectivity index (χ3v) is 7.76. The van der Waals surface area contributed by atoms with Gasteiger partial charge in [0.15, 0.2) is 9.84 Å². The second kappa shape index (κ2) is 9.37. The van der Waals surface area contributed by atoms with Crippen LogP contribution in [0.3, 0.4) is 0 Å². The van der Waals surface area contributed by atoms with Crippen LogP contribution >= 0.6 is 0 Å². The fourth-order valence-corrected chi connectivity index (χ4v) is 6.04. The maximum absolute atomic E-state index is 12.8. The van der Waals surface area contributed by atoms with Crippen molar-refractivity contribution in [3.05, 3.63) is 35.4 Å². The van der Waals surface area contributed by atoms with E-state index >= 15 is 0 Å². The summed E-state index contributed by atoms with van der Waals surface area (Å²) in [5, 5.41) is 0. The molecular weight excluding hydrogens is 374 g/mol. The van der Waals surface area contributed by atoms with Crippen LogP contribution in [0.1, 0.15) is 30.9 Å². The SMILES string of the molecule is CCN(C(=O)CN1CCCN(Cc2ccccc2C)CC1)C1CCS(=O)(=O)C1. The summed E-state index contributed by atoms with van der Waals surface area (Å²) >= 11 is 0. The number of carbonyl (C=O) groups is 1. The Balaban J connectivity index is 1.52. The summed E-state index contributed by atoms with van der Waals surface area (Å²) in [6, 6.07) is 8.36. The average Bonchev–Trinajstić information content (AvgIpc) is 2.86. The Hall–Kier alpha value is -1.44. The Morgan fingerprint density at radius 2 is 1.86 bits per heavy atom. The number of sulfone groups is 1. The van der Waals surface area contributed by atoms with Gasteiger partial charge in [-0.25, -0.2) is 8.42 Å². The van der Waals surface area contributed by atoms with Gasteiger partial charge in [-0.05, 0) is 50.9 Å². The van der Waals surface area contributed by atoms with E-state index in [2.05, 4.69) is 41.0 Å². The summed E-state index contributed by atoms with van der Waals surface area (Å²) in [6.45, 7) is 9.79.